The Labute approximate surface area is 138 Å². The highest BCUT2D eigenvalue weighted by Gasteiger charge is 2.24. The van der Waals surface area contributed by atoms with Crippen LogP contribution in [0.4, 0.5) is 10.5 Å². The Balaban J connectivity index is 2.07. The van der Waals surface area contributed by atoms with Gasteiger partial charge in [0.2, 0.25) is 0 Å². The van der Waals surface area contributed by atoms with Crippen LogP contribution < -0.4 is 10.2 Å². The number of benzene rings is 1. The topological polar surface area (TPSA) is 61.8 Å². The van der Waals surface area contributed by atoms with Gasteiger partial charge in [0.25, 0.3) is 0 Å². The summed E-state index contributed by atoms with van der Waals surface area (Å²) in [5.74, 6) is 0. The molecule has 0 spiro atoms. The molecule has 2 N–H and O–H groups in total. The monoisotopic (exact) mass is 320 g/mol. The third-order valence-corrected chi connectivity index (χ3v) is 4.01. The molecule has 128 valence electrons. The summed E-state index contributed by atoms with van der Waals surface area (Å²) in [6.07, 6.45) is 0.607. The molecule has 0 aromatic heterocycles. The second-order valence-corrected chi connectivity index (χ2v) is 7.39. The molecule has 0 bridgehead atoms. The lowest BCUT2D eigenvalue weighted by Crippen LogP contribution is -2.37. The quantitative estimate of drug-likeness (QED) is 0.845. The van der Waals surface area contributed by atoms with Crippen LogP contribution in [0.3, 0.4) is 0 Å². The zero-order valence-electron chi connectivity index (χ0n) is 14.5. The van der Waals surface area contributed by atoms with Crippen molar-refractivity contribution in [1.29, 1.82) is 0 Å². The minimum Gasteiger partial charge on any atom is -0.447 e. The van der Waals surface area contributed by atoms with Crippen molar-refractivity contribution in [1.82, 2.24) is 5.32 Å². The van der Waals surface area contributed by atoms with Gasteiger partial charge in [-0.1, -0.05) is 32.9 Å². The van der Waals surface area contributed by atoms with Crippen LogP contribution in [0, 0.1) is 5.41 Å². The van der Waals surface area contributed by atoms with E-state index in [1.54, 1.807) is 4.90 Å². The van der Waals surface area contributed by atoms with Crippen LogP contribution in [0.1, 0.15) is 45.7 Å². The summed E-state index contributed by atoms with van der Waals surface area (Å²) < 4.78 is 5.00. The molecular formula is C18H28N2O3. The third kappa shape index (κ3) is 4.94. The second kappa shape index (κ2) is 7.32. The molecule has 1 amide bonds. The van der Waals surface area contributed by atoms with Crippen molar-refractivity contribution < 1.29 is 14.6 Å². The highest BCUT2D eigenvalue weighted by atomic mass is 16.6. The van der Waals surface area contributed by atoms with Gasteiger partial charge in [0.15, 0.2) is 0 Å². The van der Waals surface area contributed by atoms with Crippen LogP contribution in [0.25, 0.3) is 0 Å². The Morgan fingerprint density at radius 1 is 1.39 bits per heavy atom. The molecule has 5 heteroatoms. The Bertz CT molecular complexity index is 539. The van der Waals surface area contributed by atoms with Crippen molar-refractivity contribution in [3.63, 3.8) is 0 Å². The van der Waals surface area contributed by atoms with Gasteiger partial charge in [0.05, 0.1) is 13.2 Å². The number of anilines is 1. The van der Waals surface area contributed by atoms with E-state index in [0.717, 1.165) is 17.7 Å². The number of aliphatic hydroxyl groups is 1. The van der Waals surface area contributed by atoms with Gasteiger partial charge in [-0.2, -0.15) is 0 Å². The fourth-order valence-corrected chi connectivity index (χ4v) is 2.96. The molecule has 23 heavy (non-hydrogen) atoms. The van der Waals surface area contributed by atoms with Gasteiger partial charge in [0.1, 0.15) is 6.61 Å². The van der Waals surface area contributed by atoms with Crippen molar-refractivity contribution >= 4 is 11.8 Å². The Morgan fingerprint density at radius 2 is 2.13 bits per heavy atom. The van der Waals surface area contributed by atoms with E-state index < -0.39 is 0 Å². The molecule has 2 rings (SSSR count). The van der Waals surface area contributed by atoms with Gasteiger partial charge in [-0.05, 0) is 36.5 Å². The fourth-order valence-electron chi connectivity index (χ4n) is 2.96. The number of rotatable bonds is 6. The lowest BCUT2D eigenvalue weighted by Gasteiger charge is -2.28. The number of carbonyl (C=O) groups excluding carboxylic acids is 1. The third-order valence-electron chi connectivity index (χ3n) is 4.01. The normalized spacial score (nSPS) is 18.0. The van der Waals surface area contributed by atoms with Crippen LogP contribution in [0.15, 0.2) is 24.3 Å². The number of nitrogens with one attached hydrogen (secondary N) is 1. The number of cyclic esters (lactones) is 1. The van der Waals surface area contributed by atoms with E-state index in [1.165, 1.54) is 0 Å². The fraction of sp³-hybridized carbons (Fsp3) is 0.611. The molecule has 1 aliphatic heterocycles. The molecule has 1 fully saturated rings. The first-order valence-electron chi connectivity index (χ1n) is 8.21. The lowest BCUT2D eigenvalue weighted by atomic mass is 9.88. The number of hydrogen-bond acceptors (Lipinski definition) is 4. The Kier molecular flexibility index (Phi) is 5.65. The van der Waals surface area contributed by atoms with Gasteiger partial charge in [-0.15, -0.1) is 0 Å². The molecule has 2 atom stereocenters. The average molecular weight is 320 g/mol. The number of ether oxygens (including phenoxy) is 1. The van der Waals surface area contributed by atoms with Gasteiger partial charge in [0, 0.05) is 17.8 Å². The van der Waals surface area contributed by atoms with Crippen LogP contribution in [-0.4, -0.2) is 37.0 Å². The number of aliphatic hydroxyl groups excluding tert-OH is 1. The van der Waals surface area contributed by atoms with Crippen molar-refractivity contribution in [3.05, 3.63) is 29.8 Å². The lowest BCUT2D eigenvalue weighted by molar-refractivity contribution is 0.181. The van der Waals surface area contributed by atoms with Gasteiger partial charge >= 0.3 is 6.09 Å². The van der Waals surface area contributed by atoms with Gasteiger partial charge < -0.3 is 15.2 Å². The summed E-state index contributed by atoms with van der Waals surface area (Å²) in [7, 11) is 0. The van der Waals surface area contributed by atoms with Crippen LogP contribution in [0.2, 0.25) is 0 Å². The molecule has 1 heterocycles. The van der Waals surface area contributed by atoms with Crippen molar-refractivity contribution in [2.45, 2.75) is 46.2 Å². The molecule has 0 saturated carbocycles. The molecule has 1 aromatic rings. The molecule has 1 saturated heterocycles. The van der Waals surface area contributed by atoms with E-state index in [0.29, 0.717) is 13.2 Å². The smallest absolute Gasteiger partial charge is 0.414 e. The SMILES string of the molecule is CC(NC(CO)CC(C)(C)C)c1cccc(N2CCOC2=O)c1. The Morgan fingerprint density at radius 3 is 2.70 bits per heavy atom. The number of carbonyl (C=O) groups is 1. The maximum Gasteiger partial charge on any atom is 0.414 e. The highest BCUT2D eigenvalue weighted by Crippen LogP contribution is 2.25. The van der Waals surface area contributed by atoms with Gasteiger partial charge in [-0.25, -0.2) is 4.79 Å². The van der Waals surface area contributed by atoms with Crippen molar-refractivity contribution in [2.75, 3.05) is 24.7 Å². The summed E-state index contributed by atoms with van der Waals surface area (Å²) in [6, 6.07) is 8.05. The van der Waals surface area contributed by atoms with Crippen molar-refractivity contribution in [2.24, 2.45) is 5.41 Å². The van der Waals surface area contributed by atoms with Crippen LogP contribution in [-0.2, 0) is 4.74 Å². The predicted molar refractivity (Wildman–Crippen MR) is 91.6 cm³/mol. The maximum absolute atomic E-state index is 11.7. The predicted octanol–water partition coefficient (Wildman–Crippen LogP) is 3.09. The maximum atomic E-state index is 11.7. The summed E-state index contributed by atoms with van der Waals surface area (Å²) in [4.78, 5) is 13.3. The van der Waals surface area contributed by atoms with E-state index in [1.807, 2.05) is 24.3 Å². The average Bonchev–Trinajstić information content (AvgIpc) is 2.91. The summed E-state index contributed by atoms with van der Waals surface area (Å²) in [6.45, 7) is 9.72. The molecular weight excluding hydrogens is 292 g/mol. The molecule has 2 unspecified atom stereocenters. The largest absolute Gasteiger partial charge is 0.447 e. The minimum absolute atomic E-state index is 0.0467. The molecule has 1 aliphatic rings. The van der Waals surface area contributed by atoms with E-state index in [9.17, 15) is 9.90 Å². The van der Waals surface area contributed by atoms with Crippen LogP contribution >= 0.6 is 0 Å². The second-order valence-electron chi connectivity index (χ2n) is 7.39. The minimum atomic E-state index is -0.288. The molecule has 0 radical (unpaired) electrons. The first-order valence-corrected chi connectivity index (χ1v) is 8.21. The molecule has 5 nitrogen and oxygen atoms in total. The zero-order valence-corrected chi connectivity index (χ0v) is 14.5. The van der Waals surface area contributed by atoms with E-state index in [2.05, 4.69) is 33.0 Å². The number of hydrogen-bond donors (Lipinski definition) is 2. The molecule has 0 aliphatic carbocycles. The summed E-state index contributed by atoms with van der Waals surface area (Å²) in [5.41, 5.74) is 2.10. The number of amides is 1. The molecule has 1 aromatic carbocycles. The summed E-state index contributed by atoms with van der Waals surface area (Å²) in [5, 5.41) is 13.1. The highest BCUT2D eigenvalue weighted by molar-refractivity contribution is 5.89. The zero-order chi connectivity index (χ0) is 17.0. The van der Waals surface area contributed by atoms with Crippen molar-refractivity contribution in [3.8, 4) is 0 Å². The van der Waals surface area contributed by atoms with E-state index in [-0.39, 0.29) is 30.2 Å². The van der Waals surface area contributed by atoms with E-state index in [4.69, 9.17) is 4.74 Å². The standard InChI is InChI=1S/C18H28N2O3/c1-13(19-15(12-21)11-18(2,3)4)14-6-5-7-16(10-14)20-8-9-23-17(20)22/h5-7,10,13,15,19,21H,8-9,11-12H2,1-4H3. The summed E-state index contributed by atoms with van der Waals surface area (Å²) >= 11 is 0. The first-order chi connectivity index (χ1) is 10.8. The van der Waals surface area contributed by atoms with Gasteiger partial charge in [-0.3, -0.25) is 4.90 Å². The number of nitrogens with zero attached hydrogens (tertiary/aromatic N) is 1. The Hall–Kier alpha value is -1.59. The van der Waals surface area contributed by atoms with Crippen LogP contribution in [0.5, 0.6) is 0 Å². The van der Waals surface area contributed by atoms with E-state index >= 15 is 0 Å². The first kappa shape index (κ1) is 17.8.